The van der Waals surface area contributed by atoms with Crippen LogP contribution in [0.25, 0.3) is 0 Å². The maximum Gasteiger partial charge on any atom is 0.230 e. The van der Waals surface area contributed by atoms with Gasteiger partial charge in [-0.3, -0.25) is 14.5 Å². The molecule has 5 heteroatoms. The predicted octanol–water partition coefficient (Wildman–Crippen LogP) is 4.11. The van der Waals surface area contributed by atoms with Crippen molar-refractivity contribution in [1.29, 1.82) is 0 Å². The summed E-state index contributed by atoms with van der Waals surface area (Å²) in [6.07, 6.45) is 6.77. The van der Waals surface area contributed by atoms with E-state index in [0.29, 0.717) is 19.4 Å². The molecular formula is C15H18BrNO2S. The van der Waals surface area contributed by atoms with Crippen molar-refractivity contribution in [3.63, 3.8) is 0 Å². The van der Waals surface area contributed by atoms with Gasteiger partial charge in [0.25, 0.3) is 0 Å². The van der Waals surface area contributed by atoms with Gasteiger partial charge in [-0.05, 0) is 45.6 Å². The number of carbonyl (C=O) groups is 2. The standard InChI is InChI=1S/C15H18BrNO2S/c16-11-4-7-20-12(11)10-17-13(18)8-15(9-14(17)19)5-2-1-3-6-15/h4,7H,1-3,5-6,8-10H2. The van der Waals surface area contributed by atoms with Crippen LogP contribution in [0, 0.1) is 5.41 Å². The second-order valence-electron chi connectivity index (χ2n) is 5.98. The van der Waals surface area contributed by atoms with Gasteiger partial charge in [-0.2, -0.15) is 0 Å². The van der Waals surface area contributed by atoms with E-state index in [4.69, 9.17) is 0 Å². The van der Waals surface area contributed by atoms with Gasteiger partial charge in [0, 0.05) is 22.2 Å². The Kier molecular flexibility index (Phi) is 4.00. The Morgan fingerprint density at radius 3 is 2.35 bits per heavy atom. The Morgan fingerprint density at radius 2 is 1.80 bits per heavy atom. The highest BCUT2D eigenvalue weighted by Gasteiger charge is 2.44. The van der Waals surface area contributed by atoms with E-state index in [1.54, 1.807) is 11.3 Å². The second-order valence-corrected chi connectivity index (χ2v) is 7.83. The highest BCUT2D eigenvalue weighted by molar-refractivity contribution is 9.10. The third kappa shape index (κ3) is 2.70. The lowest BCUT2D eigenvalue weighted by Gasteiger charge is -2.42. The molecule has 1 aliphatic carbocycles. The van der Waals surface area contributed by atoms with E-state index >= 15 is 0 Å². The lowest BCUT2D eigenvalue weighted by Crippen LogP contribution is -2.48. The molecule has 1 aromatic heterocycles. The number of halogens is 1. The topological polar surface area (TPSA) is 37.4 Å². The van der Waals surface area contributed by atoms with Gasteiger partial charge >= 0.3 is 0 Å². The fraction of sp³-hybridized carbons (Fsp3) is 0.600. The van der Waals surface area contributed by atoms with Gasteiger partial charge in [-0.15, -0.1) is 11.3 Å². The van der Waals surface area contributed by atoms with Gasteiger partial charge in [0.05, 0.1) is 6.54 Å². The normalized spacial score (nSPS) is 22.6. The summed E-state index contributed by atoms with van der Waals surface area (Å²) in [5.74, 6) is 0.0342. The van der Waals surface area contributed by atoms with Crippen LogP contribution in [-0.4, -0.2) is 16.7 Å². The number of hydrogen-bond donors (Lipinski definition) is 0. The molecule has 1 aromatic rings. The smallest absolute Gasteiger partial charge is 0.230 e. The molecule has 0 unspecified atom stereocenters. The van der Waals surface area contributed by atoms with Gasteiger partial charge in [0.1, 0.15) is 0 Å². The molecule has 2 heterocycles. The molecule has 0 N–H and O–H groups in total. The van der Waals surface area contributed by atoms with Gasteiger partial charge in [-0.25, -0.2) is 0 Å². The van der Waals surface area contributed by atoms with Crippen molar-refractivity contribution in [1.82, 2.24) is 4.90 Å². The van der Waals surface area contributed by atoms with E-state index in [0.717, 1.165) is 35.0 Å². The fourth-order valence-electron chi connectivity index (χ4n) is 3.45. The molecule has 1 saturated heterocycles. The lowest BCUT2D eigenvalue weighted by molar-refractivity contribution is -0.155. The van der Waals surface area contributed by atoms with Crippen molar-refractivity contribution in [3.05, 3.63) is 20.8 Å². The molecule has 0 atom stereocenters. The van der Waals surface area contributed by atoms with E-state index in [1.807, 2.05) is 11.4 Å². The minimum atomic E-state index is -0.0183. The zero-order valence-corrected chi connectivity index (χ0v) is 13.8. The zero-order valence-electron chi connectivity index (χ0n) is 11.4. The Balaban J connectivity index is 1.74. The molecular weight excluding hydrogens is 338 g/mol. The van der Waals surface area contributed by atoms with Crippen LogP contribution in [0.1, 0.15) is 49.8 Å². The van der Waals surface area contributed by atoms with Crippen molar-refractivity contribution in [2.24, 2.45) is 5.41 Å². The first-order valence-electron chi connectivity index (χ1n) is 7.15. The summed E-state index contributed by atoms with van der Waals surface area (Å²) in [6, 6.07) is 1.96. The van der Waals surface area contributed by atoms with Crippen LogP contribution in [-0.2, 0) is 16.1 Å². The fourth-order valence-corrected chi connectivity index (χ4v) is 4.91. The maximum absolute atomic E-state index is 12.4. The SMILES string of the molecule is O=C1CC2(CCCCC2)CC(=O)N1Cc1sccc1Br. The molecule has 2 amide bonds. The molecule has 108 valence electrons. The largest absolute Gasteiger partial charge is 0.277 e. The second kappa shape index (κ2) is 5.60. The van der Waals surface area contributed by atoms with Gasteiger partial charge < -0.3 is 0 Å². The molecule has 2 aliphatic rings. The first-order chi connectivity index (χ1) is 9.60. The minimum absolute atomic E-state index is 0.0171. The Labute approximate surface area is 131 Å². The van der Waals surface area contributed by atoms with Crippen molar-refractivity contribution < 1.29 is 9.59 Å². The van der Waals surface area contributed by atoms with E-state index in [2.05, 4.69) is 15.9 Å². The molecule has 1 spiro atoms. The van der Waals surface area contributed by atoms with E-state index in [-0.39, 0.29) is 17.2 Å². The molecule has 3 nitrogen and oxygen atoms in total. The number of carbonyl (C=O) groups excluding carboxylic acids is 2. The van der Waals surface area contributed by atoms with Crippen molar-refractivity contribution in [2.45, 2.75) is 51.5 Å². The maximum atomic E-state index is 12.4. The van der Waals surface area contributed by atoms with Crippen LogP contribution in [0.15, 0.2) is 15.9 Å². The first-order valence-corrected chi connectivity index (χ1v) is 8.82. The molecule has 0 aromatic carbocycles. The van der Waals surface area contributed by atoms with Crippen LogP contribution < -0.4 is 0 Å². The zero-order chi connectivity index (χ0) is 14.2. The van der Waals surface area contributed by atoms with Gasteiger partial charge in [0.15, 0.2) is 0 Å². The van der Waals surface area contributed by atoms with Crippen molar-refractivity contribution in [2.75, 3.05) is 0 Å². The number of rotatable bonds is 2. The summed E-state index contributed by atoms with van der Waals surface area (Å²) in [6.45, 7) is 0.423. The number of thiophene rings is 1. The molecule has 3 rings (SSSR count). The van der Waals surface area contributed by atoms with E-state index < -0.39 is 0 Å². The Bertz CT molecular complexity index is 514. The Morgan fingerprint density at radius 1 is 1.15 bits per heavy atom. The minimum Gasteiger partial charge on any atom is -0.277 e. The van der Waals surface area contributed by atoms with Crippen LogP contribution >= 0.6 is 27.3 Å². The molecule has 20 heavy (non-hydrogen) atoms. The summed E-state index contributed by atoms with van der Waals surface area (Å²) in [4.78, 5) is 27.3. The molecule has 2 fully saturated rings. The summed E-state index contributed by atoms with van der Waals surface area (Å²) >= 11 is 5.05. The first kappa shape index (κ1) is 14.3. The van der Waals surface area contributed by atoms with E-state index in [9.17, 15) is 9.59 Å². The van der Waals surface area contributed by atoms with Gasteiger partial charge in [-0.1, -0.05) is 19.3 Å². The third-order valence-corrected chi connectivity index (χ3v) is 6.47. The number of likely N-dealkylation sites (tertiary alicyclic amines) is 1. The van der Waals surface area contributed by atoms with Crippen LogP contribution in [0.2, 0.25) is 0 Å². The molecule has 0 radical (unpaired) electrons. The van der Waals surface area contributed by atoms with Gasteiger partial charge in [0.2, 0.25) is 11.8 Å². The quantitative estimate of drug-likeness (QED) is 0.748. The average Bonchev–Trinajstić information content (AvgIpc) is 2.80. The summed E-state index contributed by atoms with van der Waals surface area (Å²) in [5.41, 5.74) is -0.0183. The molecule has 0 bridgehead atoms. The highest BCUT2D eigenvalue weighted by Crippen LogP contribution is 2.45. The van der Waals surface area contributed by atoms with E-state index in [1.165, 1.54) is 11.3 Å². The summed E-state index contributed by atoms with van der Waals surface area (Å²) < 4.78 is 0.987. The van der Waals surface area contributed by atoms with Crippen molar-refractivity contribution in [3.8, 4) is 0 Å². The number of hydrogen-bond acceptors (Lipinski definition) is 3. The number of imide groups is 1. The summed E-state index contributed by atoms with van der Waals surface area (Å²) in [5, 5.41) is 1.97. The predicted molar refractivity (Wildman–Crippen MR) is 82.3 cm³/mol. The third-order valence-electron chi connectivity index (χ3n) is 4.56. The Hall–Kier alpha value is -0.680. The molecule has 1 aliphatic heterocycles. The monoisotopic (exact) mass is 355 g/mol. The van der Waals surface area contributed by atoms with Crippen LogP contribution in [0.3, 0.4) is 0 Å². The highest BCUT2D eigenvalue weighted by atomic mass is 79.9. The average molecular weight is 356 g/mol. The number of nitrogens with zero attached hydrogens (tertiary/aromatic N) is 1. The number of amides is 2. The lowest BCUT2D eigenvalue weighted by atomic mass is 9.67. The van der Waals surface area contributed by atoms with Crippen LogP contribution in [0.5, 0.6) is 0 Å². The van der Waals surface area contributed by atoms with Crippen molar-refractivity contribution >= 4 is 39.1 Å². The van der Waals surface area contributed by atoms with Crippen LogP contribution in [0.4, 0.5) is 0 Å². The molecule has 1 saturated carbocycles. The summed E-state index contributed by atoms with van der Waals surface area (Å²) in [7, 11) is 0. The number of piperidine rings is 1.